The smallest absolute Gasteiger partial charge is 0.158 e. The average Bonchev–Trinajstić information content (AvgIpc) is 2.22. The summed E-state index contributed by atoms with van der Waals surface area (Å²) in [4.78, 5) is 23.7. The van der Waals surface area contributed by atoms with Crippen molar-refractivity contribution in [2.24, 2.45) is 5.41 Å². The molecule has 2 rings (SSSR count). The van der Waals surface area contributed by atoms with Crippen molar-refractivity contribution in [3.63, 3.8) is 0 Å². The molecule has 1 fully saturated rings. The van der Waals surface area contributed by atoms with Crippen molar-refractivity contribution in [2.45, 2.75) is 52.4 Å². The molecule has 0 heterocycles. The summed E-state index contributed by atoms with van der Waals surface area (Å²) in [5, 5.41) is 0. The van der Waals surface area contributed by atoms with Gasteiger partial charge < -0.3 is 0 Å². The van der Waals surface area contributed by atoms with Gasteiger partial charge in [0.25, 0.3) is 0 Å². The Labute approximate surface area is 90.7 Å². The van der Waals surface area contributed by atoms with Crippen molar-refractivity contribution in [2.75, 3.05) is 0 Å². The van der Waals surface area contributed by atoms with Crippen LogP contribution >= 0.6 is 0 Å². The SMILES string of the molecule is CCC1=C2CCCC(=O)C2(C)CCC1=O. The monoisotopic (exact) mass is 206 g/mol. The molecule has 0 aromatic rings. The topological polar surface area (TPSA) is 34.1 Å². The molecule has 15 heavy (non-hydrogen) atoms. The lowest BCUT2D eigenvalue weighted by Gasteiger charge is -2.39. The number of fused-ring (bicyclic) bond motifs is 1. The van der Waals surface area contributed by atoms with E-state index in [4.69, 9.17) is 0 Å². The molecule has 2 aliphatic carbocycles. The minimum absolute atomic E-state index is 0.277. The van der Waals surface area contributed by atoms with Gasteiger partial charge in [0, 0.05) is 18.3 Å². The van der Waals surface area contributed by atoms with E-state index in [0.29, 0.717) is 18.6 Å². The molecular formula is C13H18O2. The van der Waals surface area contributed by atoms with Gasteiger partial charge in [-0.1, -0.05) is 12.5 Å². The van der Waals surface area contributed by atoms with Gasteiger partial charge in [-0.05, 0) is 38.2 Å². The summed E-state index contributed by atoms with van der Waals surface area (Å²) in [6.45, 7) is 4.05. The van der Waals surface area contributed by atoms with Crippen LogP contribution in [0.2, 0.25) is 0 Å². The van der Waals surface area contributed by atoms with E-state index in [0.717, 1.165) is 36.8 Å². The van der Waals surface area contributed by atoms with E-state index >= 15 is 0 Å². The van der Waals surface area contributed by atoms with Gasteiger partial charge in [0.15, 0.2) is 5.78 Å². The Balaban J connectivity index is 2.51. The highest BCUT2D eigenvalue weighted by Crippen LogP contribution is 2.47. The molecule has 0 amide bonds. The Hall–Kier alpha value is -0.920. The molecule has 0 saturated heterocycles. The van der Waals surface area contributed by atoms with E-state index in [1.54, 1.807) is 0 Å². The van der Waals surface area contributed by atoms with Crippen molar-refractivity contribution in [1.82, 2.24) is 0 Å². The van der Waals surface area contributed by atoms with Gasteiger partial charge in [0.1, 0.15) is 5.78 Å². The molecule has 1 saturated carbocycles. The molecule has 0 aliphatic heterocycles. The average molecular weight is 206 g/mol. The normalized spacial score (nSPS) is 31.9. The van der Waals surface area contributed by atoms with Crippen LogP contribution in [0.3, 0.4) is 0 Å². The summed E-state index contributed by atoms with van der Waals surface area (Å²) in [5.74, 6) is 0.627. The van der Waals surface area contributed by atoms with Gasteiger partial charge in [0.2, 0.25) is 0 Å². The first-order valence-electron chi connectivity index (χ1n) is 5.88. The molecule has 1 atom stereocenters. The molecule has 2 aliphatic rings. The van der Waals surface area contributed by atoms with E-state index in [1.807, 2.05) is 13.8 Å². The van der Waals surface area contributed by atoms with Gasteiger partial charge in [-0.25, -0.2) is 0 Å². The molecule has 82 valence electrons. The predicted molar refractivity (Wildman–Crippen MR) is 58.5 cm³/mol. The number of ketones is 2. The summed E-state index contributed by atoms with van der Waals surface area (Å²) in [6.07, 6.45) is 4.68. The largest absolute Gasteiger partial charge is 0.299 e. The Bertz CT molecular complexity index is 352. The van der Waals surface area contributed by atoms with Crippen LogP contribution in [-0.4, -0.2) is 11.6 Å². The van der Waals surface area contributed by atoms with E-state index in [2.05, 4.69) is 0 Å². The summed E-state index contributed by atoms with van der Waals surface area (Å²) in [6, 6.07) is 0. The number of hydrogen-bond acceptors (Lipinski definition) is 2. The maximum Gasteiger partial charge on any atom is 0.158 e. The fourth-order valence-electron chi connectivity index (χ4n) is 3.01. The van der Waals surface area contributed by atoms with Gasteiger partial charge in [-0.15, -0.1) is 0 Å². The first-order chi connectivity index (χ1) is 7.09. The number of Topliss-reactive ketones (excluding diaryl/α,β-unsaturated/α-hetero) is 2. The van der Waals surface area contributed by atoms with E-state index in [1.165, 1.54) is 0 Å². The standard InChI is InChI=1S/C13H18O2/c1-3-9-10-5-4-6-12(15)13(10,2)8-7-11(9)14/h3-8H2,1-2H3. The zero-order valence-corrected chi connectivity index (χ0v) is 9.56. The van der Waals surface area contributed by atoms with Crippen molar-refractivity contribution >= 4 is 11.6 Å². The number of hydrogen-bond donors (Lipinski definition) is 0. The molecule has 2 nitrogen and oxygen atoms in total. The summed E-state index contributed by atoms with van der Waals surface area (Å²) >= 11 is 0. The van der Waals surface area contributed by atoms with Crippen molar-refractivity contribution in [1.29, 1.82) is 0 Å². The number of carbonyl (C=O) groups excluding carboxylic acids is 2. The lowest BCUT2D eigenvalue weighted by atomic mass is 9.62. The van der Waals surface area contributed by atoms with Crippen molar-refractivity contribution in [3.8, 4) is 0 Å². The summed E-state index contributed by atoms with van der Waals surface area (Å²) < 4.78 is 0. The predicted octanol–water partition coefficient (Wildman–Crippen LogP) is 2.82. The van der Waals surface area contributed by atoms with E-state index in [9.17, 15) is 9.59 Å². The molecule has 1 unspecified atom stereocenters. The van der Waals surface area contributed by atoms with Crippen LogP contribution in [0.15, 0.2) is 11.1 Å². The Morgan fingerprint density at radius 2 is 1.93 bits per heavy atom. The quantitative estimate of drug-likeness (QED) is 0.661. The maximum absolute atomic E-state index is 12.0. The number of allylic oxidation sites excluding steroid dienone is 2. The summed E-state index contributed by atoms with van der Waals surface area (Å²) in [5.41, 5.74) is 1.83. The number of rotatable bonds is 1. The lowest BCUT2D eigenvalue weighted by molar-refractivity contribution is -0.129. The summed E-state index contributed by atoms with van der Waals surface area (Å²) in [7, 11) is 0. The lowest BCUT2D eigenvalue weighted by Crippen LogP contribution is -2.38. The van der Waals surface area contributed by atoms with Gasteiger partial charge in [-0.3, -0.25) is 9.59 Å². The van der Waals surface area contributed by atoms with Crippen molar-refractivity contribution < 1.29 is 9.59 Å². The second-order valence-electron chi connectivity index (χ2n) is 4.84. The van der Waals surface area contributed by atoms with Crippen LogP contribution < -0.4 is 0 Å². The van der Waals surface area contributed by atoms with Crippen LogP contribution in [0.1, 0.15) is 52.4 Å². The maximum atomic E-state index is 12.0. The van der Waals surface area contributed by atoms with Gasteiger partial charge in [0.05, 0.1) is 0 Å². The Kier molecular flexibility index (Phi) is 2.53. The van der Waals surface area contributed by atoms with Crippen LogP contribution in [0.25, 0.3) is 0 Å². The molecule has 0 bridgehead atoms. The highest BCUT2D eigenvalue weighted by molar-refractivity contribution is 6.01. The molecule has 0 N–H and O–H groups in total. The fourth-order valence-corrected chi connectivity index (χ4v) is 3.01. The molecule has 0 radical (unpaired) electrons. The van der Waals surface area contributed by atoms with Gasteiger partial charge in [-0.2, -0.15) is 0 Å². The highest BCUT2D eigenvalue weighted by atomic mass is 16.1. The zero-order chi connectivity index (χ0) is 11.1. The Morgan fingerprint density at radius 3 is 2.60 bits per heavy atom. The molecular weight excluding hydrogens is 188 g/mol. The zero-order valence-electron chi connectivity index (χ0n) is 9.56. The second-order valence-corrected chi connectivity index (χ2v) is 4.84. The minimum Gasteiger partial charge on any atom is -0.299 e. The number of carbonyl (C=O) groups is 2. The van der Waals surface area contributed by atoms with Crippen LogP contribution in [-0.2, 0) is 9.59 Å². The molecule has 0 spiro atoms. The van der Waals surface area contributed by atoms with Crippen LogP contribution in [0, 0.1) is 5.41 Å². The molecule has 0 aromatic carbocycles. The minimum atomic E-state index is -0.294. The first kappa shape index (κ1) is 10.6. The van der Waals surface area contributed by atoms with E-state index in [-0.39, 0.29) is 11.2 Å². The highest BCUT2D eigenvalue weighted by Gasteiger charge is 2.43. The second kappa shape index (κ2) is 3.58. The van der Waals surface area contributed by atoms with E-state index < -0.39 is 0 Å². The molecule has 0 aromatic heterocycles. The fraction of sp³-hybridized carbons (Fsp3) is 0.692. The van der Waals surface area contributed by atoms with Crippen LogP contribution in [0.5, 0.6) is 0 Å². The third-order valence-electron chi connectivity index (χ3n) is 4.02. The molecule has 2 heteroatoms. The third kappa shape index (κ3) is 1.47. The Morgan fingerprint density at radius 1 is 1.20 bits per heavy atom. The van der Waals surface area contributed by atoms with Crippen molar-refractivity contribution in [3.05, 3.63) is 11.1 Å². The van der Waals surface area contributed by atoms with Crippen LogP contribution in [0.4, 0.5) is 0 Å². The third-order valence-corrected chi connectivity index (χ3v) is 4.02. The van der Waals surface area contributed by atoms with Gasteiger partial charge >= 0.3 is 0 Å². The first-order valence-corrected chi connectivity index (χ1v) is 5.88.